The van der Waals surface area contributed by atoms with Gasteiger partial charge in [-0.3, -0.25) is 0 Å². The van der Waals surface area contributed by atoms with E-state index in [9.17, 15) is 8.78 Å². The summed E-state index contributed by atoms with van der Waals surface area (Å²) >= 11 is 5.83. The summed E-state index contributed by atoms with van der Waals surface area (Å²) in [6, 6.07) is 3.38. The van der Waals surface area contributed by atoms with Gasteiger partial charge < -0.3 is 9.80 Å². The third kappa shape index (κ3) is 2.29. The lowest BCUT2D eigenvalue weighted by Gasteiger charge is -2.40. The van der Waals surface area contributed by atoms with E-state index in [-0.39, 0.29) is 10.8 Å². The van der Waals surface area contributed by atoms with Gasteiger partial charge >= 0.3 is 0 Å². The Labute approximate surface area is 126 Å². The van der Waals surface area contributed by atoms with Crippen molar-refractivity contribution >= 4 is 23.1 Å². The molecule has 1 aliphatic heterocycles. The van der Waals surface area contributed by atoms with E-state index in [1.54, 1.807) is 18.1 Å². The molecule has 0 amide bonds. The minimum atomic E-state index is -0.566. The number of benzene rings is 1. The second kappa shape index (κ2) is 5.11. The van der Waals surface area contributed by atoms with E-state index in [1.807, 2.05) is 11.9 Å². The van der Waals surface area contributed by atoms with Gasteiger partial charge in [0.1, 0.15) is 11.6 Å². The molecule has 110 valence electrons. The summed E-state index contributed by atoms with van der Waals surface area (Å²) in [5.74, 6) is -0.580. The summed E-state index contributed by atoms with van der Waals surface area (Å²) in [5.41, 5.74) is 0.808. The molecule has 2 heterocycles. The van der Waals surface area contributed by atoms with Gasteiger partial charge in [-0.2, -0.15) is 4.98 Å². The van der Waals surface area contributed by atoms with Crippen LogP contribution in [0.15, 0.2) is 24.4 Å². The molecule has 0 aliphatic carbocycles. The number of nitrogens with zero attached hydrogens (tertiary/aromatic N) is 4. The minimum absolute atomic E-state index is 0.0345. The Morgan fingerprint density at radius 2 is 1.90 bits per heavy atom. The minimum Gasteiger partial charge on any atom is -0.368 e. The predicted octanol–water partition coefficient (Wildman–Crippen LogP) is 3.04. The number of hydrogen-bond donors (Lipinski definition) is 0. The van der Waals surface area contributed by atoms with Gasteiger partial charge in [-0.25, -0.2) is 13.8 Å². The van der Waals surface area contributed by atoms with Crippen molar-refractivity contribution in [2.75, 3.05) is 30.4 Å². The smallest absolute Gasteiger partial charge is 0.224 e. The molecule has 0 fully saturated rings. The SMILES string of the molecule is CN1CC(c2c(F)cccc2F)N(C)c2nc(Cl)ncc21. The molecule has 1 atom stereocenters. The number of halogens is 3. The van der Waals surface area contributed by atoms with Gasteiger partial charge in [-0.1, -0.05) is 6.07 Å². The van der Waals surface area contributed by atoms with Gasteiger partial charge in [0.05, 0.1) is 17.9 Å². The Morgan fingerprint density at radius 3 is 2.57 bits per heavy atom. The highest BCUT2D eigenvalue weighted by Crippen LogP contribution is 2.39. The van der Waals surface area contributed by atoms with E-state index in [1.165, 1.54) is 18.2 Å². The third-order valence-electron chi connectivity index (χ3n) is 3.71. The van der Waals surface area contributed by atoms with Gasteiger partial charge in [-0.15, -0.1) is 0 Å². The van der Waals surface area contributed by atoms with Gasteiger partial charge in [-0.05, 0) is 23.7 Å². The van der Waals surface area contributed by atoms with Crippen LogP contribution in [0.2, 0.25) is 5.28 Å². The van der Waals surface area contributed by atoms with Crippen LogP contribution >= 0.6 is 11.6 Å². The molecule has 7 heteroatoms. The molecule has 0 radical (unpaired) electrons. The Hall–Kier alpha value is -1.95. The molecule has 0 bridgehead atoms. The lowest BCUT2D eigenvalue weighted by atomic mass is 10.0. The van der Waals surface area contributed by atoms with Gasteiger partial charge in [0, 0.05) is 26.2 Å². The maximum atomic E-state index is 14.0. The van der Waals surface area contributed by atoms with E-state index in [2.05, 4.69) is 9.97 Å². The topological polar surface area (TPSA) is 32.3 Å². The monoisotopic (exact) mass is 310 g/mol. The second-order valence-electron chi connectivity index (χ2n) is 4.99. The highest BCUT2D eigenvalue weighted by Gasteiger charge is 2.33. The molecule has 0 saturated carbocycles. The molecular formula is C14H13ClF2N4. The van der Waals surface area contributed by atoms with Crippen LogP contribution in [-0.4, -0.2) is 30.6 Å². The average Bonchev–Trinajstić information content (AvgIpc) is 2.43. The van der Waals surface area contributed by atoms with Crippen LogP contribution < -0.4 is 9.80 Å². The van der Waals surface area contributed by atoms with Crippen molar-refractivity contribution < 1.29 is 8.78 Å². The van der Waals surface area contributed by atoms with Crippen LogP contribution in [0.1, 0.15) is 11.6 Å². The van der Waals surface area contributed by atoms with Crippen LogP contribution in [0.25, 0.3) is 0 Å². The maximum Gasteiger partial charge on any atom is 0.224 e. The highest BCUT2D eigenvalue weighted by atomic mass is 35.5. The number of hydrogen-bond acceptors (Lipinski definition) is 4. The number of anilines is 2. The Morgan fingerprint density at radius 1 is 1.24 bits per heavy atom. The molecule has 1 unspecified atom stereocenters. The van der Waals surface area contributed by atoms with Crippen LogP contribution in [0.5, 0.6) is 0 Å². The summed E-state index contributed by atoms with van der Waals surface area (Å²) < 4.78 is 28.1. The van der Waals surface area contributed by atoms with Crippen LogP contribution in [0, 0.1) is 11.6 Å². The van der Waals surface area contributed by atoms with E-state index >= 15 is 0 Å². The molecule has 0 spiro atoms. The molecule has 3 rings (SSSR count). The fourth-order valence-corrected chi connectivity index (χ4v) is 2.75. The molecule has 0 saturated heterocycles. The fraction of sp³-hybridized carbons (Fsp3) is 0.286. The van der Waals surface area contributed by atoms with E-state index in [0.717, 1.165) is 5.69 Å². The zero-order valence-corrected chi connectivity index (χ0v) is 12.3. The van der Waals surface area contributed by atoms with E-state index in [4.69, 9.17) is 11.6 Å². The van der Waals surface area contributed by atoms with Crippen molar-refractivity contribution in [3.63, 3.8) is 0 Å². The normalized spacial score (nSPS) is 17.9. The first-order chi connectivity index (χ1) is 9.99. The third-order valence-corrected chi connectivity index (χ3v) is 3.90. The lowest BCUT2D eigenvalue weighted by molar-refractivity contribution is 0.508. The van der Waals surface area contributed by atoms with Crippen molar-refractivity contribution in [1.29, 1.82) is 0 Å². The van der Waals surface area contributed by atoms with Crippen molar-refractivity contribution in [1.82, 2.24) is 9.97 Å². The Kier molecular flexibility index (Phi) is 3.41. The van der Waals surface area contributed by atoms with Crippen molar-refractivity contribution in [3.05, 3.63) is 46.9 Å². The van der Waals surface area contributed by atoms with Crippen molar-refractivity contribution in [2.45, 2.75) is 6.04 Å². The summed E-state index contributed by atoms with van der Waals surface area (Å²) in [5, 5.41) is 0.101. The molecule has 1 aromatic heterocycles. The first-order valence-electron chi connectivity index (χ1n) is 6.39. The summed E-state index contributed by atoms with van der Waals surface area (Å²) in [6.45, 7) is 0.423. The summed E-state index contributed by atoms with van der Waals surface area (Å²) in [7, 11) is 3.57. The fourth-order valence-electron chi connectivity index (χ4n) is 2.62. The van der Waals surface area contributed by atoms with Gasteiger partial charge in [0.2, 0.25) is 5.28 Å². The zero-order chi connectivity index (χ0) is 15.1. The number of aromatic nitrogens is 2. The largest absolute Gasteiger partial charge is 0.368 e. The molecule has 21 heavy (non-hydrogen) atoms. The van der Waals surface area contributed by atoms with Gasteiger partial charge in [0.25, 0.3) is 0 Å². The maximum absolute atomic E-state index is 14.0. The number of likely N-dealkylation sites (N-methyl/N-ethyl adjacent to an activating group) is 2. The second-order valence-corrected chi connectivity index (χ2v) is 5.33. The molecule has 4 nitrogen and oxygen atoms in total. The van der Waals surface area contributed by atoms with Gasteiger partial charge in [0.15, 0.2) is 5.82 Å². The van der Waals surface area contributed by atoms with Crippen LogP contribution in [0.4, 0.5) is 20.3 Å². The summed E-state index contributed by atoms with van der Waals surface area (Å²) in [6.07, 6.45) is 1.61. The highest BCUT2D eigenvalue weighted by molar-refractivity contribution is 6.28. The van der Waals surface area contributed by atoms with Crippen molar-refractivity contribution in [2.24, 2.45) is 0 Å². The molecule has 1 aliphatic rings. The predicted molar refractivity (Wildman–Crippen MR) is 77.8 cm³/mol. The quantitative estimate of drug-likeness (QED) is 0.758. The zero-order valence-electron chi connectivity index (χ0n) is 11.5. The van der Waals surface area contributed by atoms with Crippen molar-refractivity contribution in [3.8, 4) is 0 Å². The number of rotatable bonds is 1. The first-order valence-corrected chi connectivity index (χ1v) is 6.77. The Bertz CT molecular complexity index is 674. The van der Waals surface area contributed by atoms with Crippen LogP contribution in [-0.2, 0) is 0 Å². The molecule has 0 N–H and O–H groups in total. The first kappa shape index (κ1) is 14.0. The van der Waals surface area contributed by atoms with E-state index in [0.29, 0.717) is 12.4 Å². The van der Waals surface area contributed by atoms with Crippen LogP contribution in [0.3, 0.4) is 0 Å². The standard InChI is InChI=1S/C14H13ClF2N4/c1-20-7-11(12-8(16)4-3-5-9(12)17)21(2)13-10(20)6-18-14(15)19-13/h3-6,11H,7H2,1-2H3. The summed E-state index contributed by atoms with van der Waals surface area (Å²) in [4.78, 5) is 11.7. The molecular weight excluding hydrogens is 298 g/mol. The Balaban J connectivity index is 2.11. The molecule has 1 aromatic carbocycles. The average molecular weight is 311 g/mol. The molecule has 2 aromatic rings. The van der Waals surface area contributed by atoms with E-state index < -0.39 is 17.7 Å². The lowest BCUT2D eigenvalue weighted by Crippen LogP contribution is -2.41. The number of fused-ring (bicyclic) bond motifs is 1.